The number of carbonyl (C=O) groups is 2. The van der Waals surface area contributed by atoms with E-state index >= 15 is 0 Å². The summed E-state index contributed by atoms with van der Waals surface area (Å²) in [4.78, 5) is 27.2. The second-order valence-electron chi connectivity index (χ2n) is 9.34. The first kappa shape index (κ1) is 29.1. The number of methoxy groups -OCH3 is 1. The monoisotopic (exact) mass is 563 g/mol. The van der Waals surface area contributed by atoms with Gasteiger partial charge in [-0.05, 0) is 53.9 Å². The molecule has 212 valence electrons. The molecule has 0 spiro atoms. The van der Waals surface area contributed by atoms with Crippen LogP contribution in [0.1, 0.15) is 33.6 Å². The number of benzene rings is 3. The van der Waals surface area contributed by atoms with Crippen LogP contribution in [0, 0.1) is 6.92 Å². The first-order valence-corrected chi connectivity index (χ1v) is 12.7. The number of rotatable bonds is 10. The lowest BCUT2D eigenvalue weighted by molar-refractivity contribution is -0.138. The van der Waals surface area contributed by atoms with E-state index in [1.54, 1.807) is 30.5 Å². The van der Waals surface area contributed by atoms with Gasteiger partial charge in [0.15, 0.2) is 0 Å². The number of aryl methyl sites for hydroxylation is 1. The van der Waals surface area contributed by atoms with Crippen molar-refractivity contribution in [2.24, 2.45) is 0 Å². The number of aromatic nitrogens is 1. The van der Waals surface area contributed by atoms with E-state index in [0.717, 1.165) is 40.1 Å². The summed E-state index contributed by atoms with van der Waals surface area (Å²) in [5.41, 5.74) is 5.26. The van der Waals surface area contributed by atoms with Crippen molar-refractivity contribution < 1.29 is 32.6 Å². The van der Waals surface area contributed by atoms with Crippen molar-refractivity contribution in [3.63, 3.8) is 0 Å². The zero-order valence-electron chi connectivity index (χ0n) is 22.4. The van der Waals surface area contributed by atoms with Crippen LogP contribution in [0.4, 0.5) is 18.9 Å². The quantitative estimate of drug-likeness (QED) is 0.202. The Kier molecular flexibility index (Phi) is 8.91. The number of aliphatic carboxylic acids is 1. The number of nitrogens with zero attached hydrogens (tertiary/aromatic N) is 1. The molecule has 7 nitrogen and oxygen atoms in total. The Hall–Kier alpha value is -4.86. The number of hydrogen-bond donors (Lipinski definition) is 3. The van der Waals surface area contributed by atoms with Crippen LogP contribution in [0.2, 0.25) is 0 Å². The summed E-state index contributed by atoms with van der Waals surface area (Å²) in [6.45, 7) is 2.44. The highest BCUT2D eigenvalue weighted by Crippen LogP contribution is 2.36. The molecule has 1 amide bonds. The van der Waals surface area contributed by atoms with Gasteiger partial charge in [-0.15, -0.1) is 0 Å². The maximum atomic E-state index is 12.9. The fraction of sp³-hybridized carbons (Fsp3) is 0.194. The molecule has 1 aromatic heterocycles. The van der Waals surface area contributed by atoms with E-state index in [0.29, 0.717) is 23.4 Å². The number of anilines is 1. The summed E-state index contributed by atoms with van der Waals surface area (Å²) in [6, 6.07) is 19.8. The van der Waals surface area contributed by atoms with Gasteiger partial charge in [0.25, 0.3) is 5.91 Å². The molecule has 0 aliphatic carbocycles. The number of carboxylic acids is 1. The third-order valence-corrected chi connectivity index (χ3v) is 6.40. The van der Waals surface area contributed by atoms with Crippen molar-refractivity contribution >= 4 is 17.6 Å². The average molecular weight is 564 g/mol. The Labute approximate surface area is 235 Å². The highest BCUT2D eigenvalue weighted by molar-refractivity contribution is 5.92. The van der Waals surface area contributed by atoms with Gasteiger partial charge in [-0.2, -0.15) is 13.2 Å². The van der Waals surface area contributed by atoms with Crippen LogP contribution in [0.15, 0.2) is 79.0 Å². The van der Waals surface area contributed by atoms with Crippen molar-refractivity contribution in [1.29, 1.82) is 0 Å². The maximum Gasteiger partial charge on any atom is 0.416 e. The molecule has 41 heavy (non-hydrogen) atoms. The Morgan fingerprint density at radius 2 is 1.66 bits per heavy atom. The summed E-state index contributed by atoms with van der Waals surface area (Å²) in [7, 11) is 1.51. The van der Waals surface area contributed by atoms with E-state index in [1.165, 1.54) is 19.2 Å². The summed E-state index contributed by atoms with van der Waals surface area (Å²) in [5.74, 6) is -0.930. The van der Waals surface area contributed by atoms with Crippen molar-refractivity contribution in [3.8, 4) is 28.0 Å². The summed E-state index contributed by atoms with van der Waals surface area (Å²) >= 11 is 0. The van der Waals surface area contributed by atoms with E-state index in [-0.39, 0.29) is 18.7 Å². The Bertz CT molecular complexity index is 1540. The lowest BCUT2D eigenvalue weighted by Crippen LogP contribution is -2.26. The standard InChI is InChI=1S/C31H28F3N3O4/c1-19-3-4-21(26(15-19)22-7-12-27(37-18-22)30(40)35-14-13-29(38)39)17-36-24-10-11-25(28(16-24)41-2)20-5-8-23(9-6-20)31(32,33)34/h3-12,15-16,18,36H,13-14,17H2,1-2H3,(H,35,40)(H,38,39). The highest BCUT2D eigenvalue weighted by atomic mass is 19.4. The number of carbonyl (C=O) groups excluding carboxylic acids is 1. The van der Waals surface area contributed by atoms with Gasteiger partial charge in [-0.3, -0.25) is 14.6 Å². The van der Waals surface area contributed by atoms with Gasteiger partial charge >= 0.3 is 12.1 Å². The predicted molar refractivity (Wildman–Crippen MR) is 150 cm³/mol. The number of carboxylic acid groups (broad SMARTS) is 1. The van der Waals surface area contributed by atoms with Gasteiger partial charge in [0.05, 0.1) is 19.1 Å². The van der Waals surface area contributed by atoms with Gasteiger partial charge < -0.3 is 20.5 Å². The molecule has 3 N–H and O–H groups in total. The minimum atomic E-state index is -4.40. The number of nitrogens with one attached hydrogen (secondary N) is 2. The van der Waals surface area contributed by atoms with E-state index in [2.05, 4.69) is 15.6 Å². The average Bonchev–Trinajstić information content (AvgIpc) is 2.95. The SMILES string of the molecule is COc1cc(NCc2ccc(C)cc2-c2ccc(C(=O)NCCC(=O)O)nc2)ccc1-c1ccc(C(F)(F)F)cc1. The van der Waals surface area contributed by atoms with Crippen LogP contribution < -0.4 is 15.4 Å². The van der Waals surface area contributed by atoms with Crippen LogP contribution in [-0.4, -0.2) is 35.6 Å². The van der Waals surface area contributed by atoms with E-state index < -0.39 is 23.6 Å². The molecular weight excluding hydrogens is 535 g/mol. The van der Waals surface area contributed by atoms with Crippen LogP contribution in [0.25, 0.3) is 22.3 Å². The fourth-order valence-corrected chi connectivity index (χ4v) is 4.25. The largest absolute Gasteiger partial charge is 0.496 e. The lowest BCUT2D eigenvalue weighted by Gasteiger charge is -2.15. The van der Waals surface area contributed by atoms with Gasteiger partial charge in [0, 0.05) is 42.2 Å². The van der Waals surface area contributed by atoms with E-state index in [1.807, 2.05) is 31.2 Å². The molecule has 0 unspecified atom stereocenters. The smallest absolute Gasteiger partial charge is 0.416 e. The molecule has 3 aromatic carbocycles. The Morgan fingerprint density at radius 3 is 2.29 bits per heavy atom. The van der Waals surface area contributed by atoms with Gasteiger partial charge in [0.2, 0.25) is 0 Å². The highest BCUT2D eigenvalue weighted by Gasteiger charge is 2.30. The molecule has 4 aromatic rings. The summed E-state index contributed by atoms with van der Waals surface area (Å²) in [6.07, 6.45) is -2.97. The molecule has 0 saturated carbocycles. The molecular formula is C31H28F3N3O4. The predicted octanol–water partition coefficient (Wildman–Crippen LogP) is 6.57. The van der Waals surface area contributed by atoms with Crippen molar-refractivity contribution in [2.45, 2.75) is 26.1 Å². The molecule has 0 radical (unpaired) electrons. The van der Waals surface area contributed by atoms with Crippen molar-refractivity contribution in [1.82, 2.24) is 10.3 Å². The van der Waals surface area contributed by atoms with Gasteiger partial charge in [0.1, 0.15) is 11.4 Å². The number of alkyl halides is 3. The summed E-state index contributed by atoms with van der Waals surface area (Å²) < 4.78 is 44.4. The second kappa shape index (κ2) is 12.5. The molecule has 4 rings (SSSR count). The minimum absolute atomic E-state index is 0.0153. The van der Waals surface area contributed by atoms with E-state index in [4.69, 9.17) is 9.84 Å². The maximum absolute atomic E-state index is 12.9. The third kappa shape index (κ3) is 7.42. The first-order valence-electron chi connectivity index (χ1n) is 12.7. The normalized spacial score (nSPS) is 11.1. The van der Waals surface area contributed by atoms with Crippen LogP contribution >= 0.6 is 0 Å². The Morgan fingerprint density at radius 1 is 0.927 bits per heavy atom. The number of amides is 1. The molecule has 0 aliphatic rings. The number of halogens is 3. The Balaban J connectivity index is 1.50. The number of hydrogen-bond acceptors (Lipinski definition) is 5. The first-order chi connectivity index (χ1) is 19.5. The van der Waals surface area contributed by atoms with Crippen molar-refractivity contribution in [2.75, 3.05) is 19.0 Å². The second-order valence-corrected chi connectivity index (χ2v) is 9.34. The molecule has 0 bridgehead atoms. The van der Waals surface area contributed by atoms with Crippen LogP contribution in [0.5, 0.6) is 5.75 Å². The fourth-order valence-electron chi connectivity index (χ4n) is 4.25. The molecule has 0 fully saturated rings. The van der Waals surface area contributed by atoms with Crippen molar-refractivity contribution in [3.05, 3.63) is 101 Å². The minimum Gasteiger partial charge on any atom is -0.496 e. The number of pyridine rings is 1. The van der Waals surface area contributed by atoms with Gasteiger partial charge in [-0.1, -0.05) is 42.0 Å². The van der Waals surface area contributed by atoms with Crippen LogP contribution in [0.3, 0.4) is 0 Å². The van der Waals surface area contributed by atoms with E-state index in [9.17, 15) is 22.8 Å². The molecule has 0 atom stereocenters. The molecule has 0 saturated heterocycles. The molecule has 1 heterocycles. The zero-order chi connectivity index (χ0) is 29.6. The van der Waals surface area contributed by atoms with Gasteiger partial charge in [-0.25, -0.2) is 0 Å². The molecule has 10 heteroatoms. The third-order valence-electron chi connectivity index (χ3n) is 6.40. The topological polar surface area (TPSA) is 101 Å². The molecule has 0 aliphatic heterocycles. The van der Waals surface area contributed by atoms with Crippen LogP contribution in [-0.2, 0) is 17.5 Å². The lowest BCUT2D eigenvalue weighted by atomic mass is 9.98. The summed E-state index contributed by atoms with van der Waals surface area (Å²) in [5, 5.41) is 14.6. The number of ether oxygens (including phenoxy) is 1. The zero-order valence-corrected chi connectivity index (χ0v) is 22.4.